The lowest BCUT2D eigenvalue weighted by molar-refractivity contribution is -0.153. The number of nitrogens with zero attached hydrogens (tertiary/aromatic N) is 5. The van der Waals surface area contributed by atoms with Gasteiger partial charge in [-0.3, -0.25) is 76.7 Å². The van der Waals surface area contributed by atoms with Crippen molar-refractivity contribution in [1.82, 2.24) is 77.3 Å². The number of likely N-dealkylation sites (N-methyl/N-ethyl adjacent to an activating group) is 3. The van der Waals surface area contributed by atoms with Gasteiger partial charge in [0.25, 0.3) is 0 Å². The topological polar surface area (TPSA) is 550 Å². The predicted molar refractivity (Wildman–Crippen MR) is 496 cm³/mol. The first-order chi connectivity index (χ1) is 65.1. The number of amides is 15. The van der Waals surface area contributed by atoms with Crippen LogP contribution in [-0.4, -0.2) is 306 Å². The van der Waals surface area contributed by atoms with E-state index in [1.54, 1.807) is 105 Å². The molecule has 38 nitrogen and oxygen atoms in total. The Morgan fingerprint density at radius 3 is 1.53 bits per heavy atom. The third-order valence-corrected chi connectivity index (χ3v) is 25.2. The molecule has 15 amide bonds. The van der Waals surface area contributed by atoms with Crippen LogP contribution in [0.25, 0.3) is 10.9 Å². The molecule has 6 aromatic carbocycles. The maximum atomic E-state index is 15.8. The fourth-order valence-electron chi connectivity index (χ4n) is 16.8. The van der Waals surface area contributed by atoms with E-state index in [4.69, 9.17) is 10.5 Å². The molecule has 17 N–H and O–H groups in total. The van der Waals surface area contributed by atoms with Crippen molar-refractivity contribution in [3.05, 3.63) is 203 Å². The maximum absolute atomic E-state index is 15.8. The van der Waals surface area contributed by atoms with Gasteiger partial charge < -0.3 is 113 Å². The lowest BCUT2D eigenvalue weighted by Gasteiger charge is -2.37. The van der Waals surface area contributed by atoms with Crippen LogP contribution >= 0.6 is 11.8 Å². The van der Waals surface area contributed by atoms with Gasteiger partial charge in [0.15, 0.2) is 11.6 Å². The number of carbonyl (C=O) groups is 16. The number of aromatic hydroxyl groups is 2. The summed E-state index contributed by atoms with van der Waals surface area (Å²) in [5.41, 5.74) is 8.05. The number of phenolic OH excluding ortho intramolecular Hbond substituents is 2. The van der Waals surface area contributed by atoms with Gasteiger partial charge in [0.1, 0.15) is 90.0 Å². The van der Waals surface area contributed by atoms with E-state index in [1.165, 1.54) is 90.6 Å². The number of carbonyl (C=O) groups excluding carboxylic acids is 15. The van der Waals surface area contributed by atoms with Crippen molar-refractivity contribution < 1.29 is 116 Å². The van der Waals surface area contributed by atoms with Gasteiger partial charge >= 0.3 is 5.97 Å². The summed E-state index contributed by atoms with van der Waals surface area (Å²) < 4.78 is 35.3. The molecule has 10 rings (SSSR count). The van der Waals surface area contributed by atoms with E-state index < -0.39 is 266 Å². The number of aliphatic hydroxyl groups is 2. The number of halogens is 2. The smallest absolute Gasteiger partial charge is 0.305 e. The van der Waals surface area contributed by atoms with Crippen molar-refractivity contribution in [2.24, 2.45) is 17.6 Å². The number of phenols is 2. The van der Waals surface area contributed by atoms with E-state index in [9.17, 15) is 58.7 Å². The average molecular weight is 1920 g/mol. The third-order valence-electron chi connectivity index (χ3n) is 24.1. The molecule has 3 saturated heterocycles. The number of H-pyrrole nitrogens is 1. The highest BCUT2D eigenvalue weighted by atomic mass is 32.2. The lowest BCUT2D eigenvalue weighted by atomic mass is 9.98. The minimum atomic E-state index is -2.06. The summed E-state index contributed by atoms with van der Waals surface area (Å²) >= 11 is 0.697. The maximum Gasteiger partial charge on any atom is 0.305 e. The van der Waals surface area contributed by atoms with Crippen LogP contribution in [0, 0.1) is 23.5 Å². The number of nitrogens with two attached hydrogens (primary N) is 1. The molecule has 137 heavy (non-hydrogen) atoms. The Morgan fingerprint density at radius 2 is 0.971 bits per heavy atom. The Bertz CT molecular complexity index is 5490. The molecular weight excluding hydrogens is 1800 g/mol. The zero-order chi connectivity index (χ0) is 99.8. The fourth-order valence-corrected chi connectivity index (χ4v) is 17.6. The van der Waals surface area contributed by atoms with Gasteiger partial charge in [-0.25, -0.2) is 8.78 Å². The van der Waals surface area contributed by atoms with Crippen molar-refractivity contribution in [2.75, 3.05) is 66.0 Å². The highest BCUT2D eigenvalue weighted by Crippen LogP contribution is 2.29. The predicted octanol–water partition coefficient (Wildman–Crippen LogP) is 0.458. The van der Waals surface area contributed by atoms with E-state index >= 15 is 52.3 Å². The summed E-state index contributed by atoms with van der Waals surface area (Å²) in [5.74, 6) is -22.6. The summed E-state index contributed by atoms with van der Waals surface area (Å²) in [7, 11) is 4.94. The number of carboxylic acid groups (broad SMARTS) is 1. The number of ether oxygens (including phenoxy) is 1. The van der Waals surface area contributed by atoms with Gasteiger partial charge in [-0.05, 0) is 94.1 Å². The Labute approximate surface area is 793 Å². The van der Waals surface area contributed by atoms with E-state index in [0.29, 0.717) is 50.5 Å². The Kier molecular flexibility index (Phi) is 37.6. The molecule has 0 aliphatic carbocycles. The van der Waals surface area contributed by atoms with E-state index in [1.807, 2.05) is 0 Å². The number of primary amides is 1. The molecule has 0 bridgehead atoms. The van der Waals surface area contributed by atoms with Gasteiger partial charge in [-0.2, -0.15) is 0 Å². The van der Waals surface area contributed by atoms with Crippen molar-refractivity contribution in [2.45, 2.75) is 189 Å². The molecule has 7 aromatic rings. The number of hydrogen-bond acceptors (Lipinski definition) is 22. The summed E-state index contributed by atoms with van der Waals surface area (Å²) in [4.78, 5) is 247. The number of thioether (sulfide) groups is 1. The van der Waals surface area contributed by atoms with E-state index in [-0.39, 0.29) is 68.6 Å². The van der Waals surface area contributed by atoms with Crippen molar-refractivity contribution in [3.63, 3.8) is 0 Å². The van der Waals surface area contributed by atoms with E-state index in [0.717, 1.165) is 42.7 Å². The van der Waals surface area contributed by atoms with Crippen molar-refractivity contribution in [1.29, 1.82) is 0 Å². The van der Waals surface area contributed by atoms with Crippen molar-refractivity contribution >= 4 is 117 Å². The number of aromatic nitrogens is 1. The number of methoxy groups -OCH3 is 1. The molecule has 4 heterocycles. The number of nitrogens with one attached hydrogen (secondary N) is 10. The van der Waals surface area contributed by atoms with E-state index in [2.05, 4.69) is 52.8 Å². The monoisotopic (exact) mass is 1920 g/mol. The number of aliphatic hydroxyl groups excluding tert-OH is 2. The molecule has 0 radical (unpaired) electrons. The molecule has 1 aromatic heterocycles. The minimum absolute atomic E-state index is 0.0431. The molecule has 0 spiro atoms. The van der Waals surface area contributed by atoms with Gasteiger partial charge in [0, 0.05) is 129 Å². The van der Waals surface area contributed by atoms with Crippen LogP contribution in [0.15, 0.2) is 158 Å². The zero-order valence-electron chi connectivity index (χ0n) is 77.0. The Morgan fingerprint density at radius 1 is 0.496 bits per heavy atom. The number of rotatable bonds is 23. The molecule has 0 saturated carbocycles. The molecule has 0 unspecified atom stereocenters. The van der Waals surface area contributed by atoms with Crippen LogP contribution in [0.1, 0.15) is 93.2 Å². The SMILES string of the molecule is COCC[C@H]1C(=O)N2C[C@@H](O)C[C@@H]2C(=O)N[C@@H](CC(=O)O)C(=O)N[C@@H](C(C)C)C(=O)N(C)[C@@H](Cc2ccccc2)C(=O)N[C@@H](Cc2ccc(O)cc2)C(=O)N2C[C@@H](O)C[C@@H]2C(=O)N[C@@H](Cc2c[nH]c3ccccc23)C(=O)N[C@@H](Cc2ccc(O)cc2)C(=O)N[C@@H](CC(C)C)C(=O)N[C@H](C(=O)NCC(N)=O)CSCC(=O)N[C@@H](Cc2ccc(F)c(F)c2)C(=O)N(C)[C@@H](Cc2ccccc2)C(=O)N1C. The molecular formula is C96H118F2N16O22S. The first-order valence-corrected chi connectivity index (χ1v) is 46.0. The van der Waals surface area contributed by atoms with Gasteiger partial charge in [-0.15, -0.1) is 11.8 Å². The number of fused-ring (bicyclic) bond motifs is 3. The number of aliphatic carboxylic acids is 1. The molecule has 41 heteroatoms. The highest BCUT2D eigenvalue weighted by molar-refractivity contribution is 8.00. The van der Waals surface area contributed by atoms with Crippen LogP contribution in [0.4, 0.5) is 8.78 Å². The lowest BCUT2D eigenvalue weighted by Crippen LogP contribution is -2.62. The quantitative estimate of drug-likeness (QED) is 0.0414. The van der Waals surface area contributed by atoms with Crippen LogP contribution in [0.2, 0.25) is 0 Å². The second kappa shape index (κ2) is 49.0. The van der Waals surface area contributed by atoms with Gasteiger partial charge in [-0.1, -0.05) is 137 Å². The molecule has 734 valence electrons. The number of hydrogen-bond donors (Lipinski definition) is 16. The highest BCUT2D eigenvalue weighted by Gasteiger charge is 2.49. The summed E-state index contributed by atoms with van der Waals surface area (Å²) in [5, 5.41) is 78.5. The normalized spacial score (nSPS) is 24.3. The van der Waals surface area contributed by atoms with Crippen LogP contribution in [0.5, 0.6) is 11.5 Å². The fraction of sp³-hybridized carbons (Fsp3) is 0.438. The van der Waals surface area contributed by atoms with Gasteiger partial charge in [0.2, 0.25) is 88.6 Å². The zero-order valence-corrected chi connectivity index (χ0v) is 77.8. The van der Waals surface area contributed by atoms with Crippen LogP contribution in [0.3, 0.4) is 0 Å². The average Bonchev–Trinajstić information content (AvgIpc) is 1.72. The number of aromatic amines is 1. The molecule has 15 atom stereocenters. The largest absolute Gasteiger partial charge is 0.508 e. The second-order valence-corrected chi connectivity index (χ2v) is 36.3. The summed E-state index contributed by atoms with van der Waals surface area (Å²) in [6, 6.07) is 15.1. The number of para-hydroxylation sites is 1. The Hall–Kier alpha value is -13.9. The number of benzene rings is 6. The third kappa shape index (κ3) is 29.1. The summed E-state index contributed by atoms with van der Waals surface area (Å²) in [6.07, 6.45) is -6.21. The molecule has 3 aliphatic rings. The molecule has 3 fully saturated rings. The van der Waals surface area contributed by atoms with Crippen LogP contribution < -0.4 is 53.6 Å². The minimum Gasteiger partial charge on any atom is -0.508 e. The van der Waals surface area contributed by atoms with Gasteiger partial charge in [0.05, 0.1) is 30.9 Å². The first-order valence-electron chi connectivity index (χ1n) is 44.8. The first kappa shape index (κ1) is 105. The molecule has 3 aliphatic heterocycles. The second-order valence-electron chi connectivity index (χ2n) is 35.2. The Balaban J connectivity index is 1.07. The van der Waals surface area contributed by atoms with Crippen LogP contribution in [-0.2, 0) is 120 Å². The summed E-state index contributed by atoms with van der Waals surface area (Å²) in [6.45, 7) is 4.29. The number of carboxylic acids is 1. The van der Waals surface area contributed by atoms with Crippen molar-refractivity contribution in [3.8, 4) is 11.5 Å². The standard InChI is InChI=1S/C96H118F2N16O22S/c1-52(2)35-68-85(124)108-74(84(123)101-47-80(99)119)50-137-51-81(120)102-72(39-58-27-32-65(97)66(98)36-58)92(131)112(7)79(41-55-19-13-10-14-20-55)94(133)110(5)75(33-34-136-8)95(134)114-49-63(118)44-78(114)91(130)106-71(45-82(121)122)88(127)109-83(53(3)4)96(135)111(6)76(40-54-17-11-9-12-18-54)89(128)107-73(38-57-25-30-61(116)31-26-57)93(132)113-48-62(117)43-77(113)90(129)105-70(42-59-46-100-67-22-16-15-21-64(59)67)87(126)104-69(86(125)103-68)37-56-23-28-60(115)29-24-56/h9-32,36,46,52-53,62-63,68-79,83,100,115-118H,33-35,37-45,47-51H2,1-8H3,(H2,99,119)(H,101,123)(H,102,120)(H,103,125)(H,104,126)(H,105,129)(H,106,130)(H,107,128)(H,108,124)(H,109,127)(H,121,122)/t62-,63-,68-,69-,70-,71-,72-,73-,74-,75-,76-,77+,78+,79-,83-/m0/s1.